The SMILES string of the molecule is COc1ccc2[nH]c3c(c2c1)CCN(C(=O)Nc1cccc(C)c1)[C@H]3c1ccc(C)cc1. The van der Waals surface area contributed by atoms with Crippen molar-refractivity contribution in [2.45, 2.75) is 26.3 Å². The number of ether oxygens (including phenoxy) is 1. The van der Waals surface area contributed by atoms with Gasteiger partial charge in [-0.3, -0.25) is 0 Å². The predicted molar refractivity (Wildman–Crippen MR) is 128 cm³/mol. The number of aromatic nitrogens is 1. The fourth-order valence-electron chi connectivity index (χ4n) is 4.63. The lowest BCUT2D eigenvalue weighted by molar-refractivity contribution is 0.193. The van der Waals surface area contributed by atoms with E-state index in [0.717, 1.165) is 45.6 Å². The molecule has 2 N–H and O–H groups in total. The number of fused-ring (bicyclic) bond motifs is 3. The van der Waals surface area contributed by atoms with E-state index in [4.69, 9.17) is 4.74 Å². The van der Waals surface area contributed by atoms with Gasteiger partial charge in [-0.25, -0.2) is 4.79 Å². The van der Waals surface area contributed by atoms with Crippen LogP contribution < -0.4 is 10.1 Å². The van der Waals surface area contributed by atoms with Crippen molar-refractivity contribution in [3.05, 3.63) is 94.7 Å². The molecule has 162 valence electrons. The molecule has 4 aromatic rings. The first kappa shape index (κ1) is 20.2. The summed E-state index contributed by atoms with van der Waals surface area (Å²) in [5.74, 6) is 0.839. The van der Waals surface area contributed by atoms with E-state index >= 15 is 0 Å². The summed E-state index contributed by atoms with van der Waals surface area (Å²) in [7, 11) is 1.69. The molecule has 5 nitrogen and oxygen atoms in total. The monoisotopic (exact) mass is 425 g/mol. The summed E-state index contributed by atoms with van der Waals surface area (Å²) >= 11 is 0. The van der Waals surface area contributed by atoms with Crippen molar-refractivity contribution in [1.29, 1.82) is 0 Å². The Morgan fingerprint density at radius 1 is 1.03 bits per heavy atom. The largest absolute Gasteiger partial charge is 0.497 e. The molecule has 32 heavy (non-hydrogen) atoms. The highest BCUT2D eigenvalue weighted by Gasteiger charge is 2.34. The number of carbonyl (C=O) groups is 1. The molecule has 0 radical (unpaired) electrons. The molecular weight excluding hydrogens is 398 g/mol. The van der Waals surface area contributed by atoms with Crippen LogP contribution in [0.15, 0.2) is 66.7 Å². The molecule has 1 aromatic heterocycles. The highest BCUT2D eigenvalue weighted by molar-refractivity contribution is 5.92. The Bertz CT molecular complexity index is 1290. The maximum Gasteiger partial charge on any atom is 0.322 e. The Morgan fingerprint density at radius 2 is 1.84 bits per heavy atom. The lowest BCUT2D eigenvalue weighted by Gasteiger charge is -2.36. The summed E-state index contributed by atoms with van der Waals surface area (Å²) in [6.45, 7) is 4.73. The molecule has 0 fully saturated rings. The molecule has 1 aliphatic heterocycles. The number of rotatable bonds is 3. The summed E-state index contributed by atoms with van der Waals surface area (Å²) in [5, 5.41) is 4.26. The molecule has 5 rings (SSSR count). The van der Waals surface area contributed by atoms with Crippen molar-refractivity contribution in [2.24, 2.45) is 0 Å². The van der Waals surface area contributed by atoms with Gasteiger partial charge >= 0.3 is 6.03 Å². The number of amides is 2. The second kappa shape index (κ2) is 8.08. The van der Waals surface area contributed by atoms with E-state index in [-0.39, 0.29) is 12.1 Å². The van der Waals surface area contributed by atoms with Gasteiger partial charge in [0.25, 0.3) is 0 Å². The maximum absolute atomic E-state index is 13.4. The summed E-state index contributed by atoms with van der Waals surface area (Å²) in [5.41, 5.74) is 7.60. The molecule has 0 spiro atoms. The first-order valence-electron chi connectivity index (χ1n) is 10.9. The molecule has 0 saturated heterocycles. The van der Waals surface area contributed by atoms with Crippen LogP contribution in [-0.2, 0) is 6.42 Å². The Kier molecular flexibility index (Phi) is 5.10. The van der Waals surface area contributed by atoms with E-state index in [1.54, 1.807) is 7.11 Å². The van der Waals surface area contributed by atoms with Gasteiger partial charge in [0.15, 0.2) is 0 Å². The second-order valence-corrected chi connectivity index (χ2v) is 8.48. The Balaban J connectivity index is 1.58. The number of aromatic amines is 1. The van der Waals surface area contributed by atoms with Crippen LogP contribution in [0, 0.1) is 13.8 Å². The van der Waals surface area contributed by atoms with Crippen LogP contribution >= 0.6 is 0 Å². The molecule has 2 amide bonds. The van der Waals surface area contributed by atoms with Gasteiger partial charge in [-0.15, -0.1) is 0 Å². The van der Waals surface area contributed by atoms with Gasteiger partial charge < -0.3 is 19.9 Å². The smallest absolute Gasteiger partial charge is 0.322 e. The van der Waals surface area contributed by atoms with Gasteiger partial charge in [0, 0.05) is 28.8 Å². The van der Waals surface area contributed by atoms with E-state index in [1.165, 1.54) is 11.1 Å². The normalized spacial score (nSPS) is 15.5. The van der Waals surface area contributed by atoms with Crippen molar-refractivity contribution >= 4 is 22.6 Å². The highest BCUT2D eigenvalue weighted by Crippen LogP contribution is 2.39. The third-order valence-electron chi connectivity index (χ3n) is 6.26. The van der Waals surface area contributed by atoms with E-state index < -0.39 is 0 Å². The van der Waals surface area contributed by atoms with Crippen molar-refractivity contribution in [3.63, 3.8) is 0 Å². The van der Waals surface area contributed by atoms with Gasteiger partial charge in [0.05, 0.1) is 13.2 Å². The highest BCUT2D eigenvalue weighted by atomic mass is 16.5. The van der Waals surface area contributed by atoms with E-state index in [2.05, 4.69) is 53.6 Å². The Labute approximate surface area is 188 Å². The lowest BCUT2D eigenvalue weighted by Crippen LogP contribution is -2.43. The summed E-state index contributed by atoms with van der Waals surface area (Å²) < 4.78 is 5.45. The van der Waals surface area contributed by atoms with E-state index in [1.807, 2.05) is 42.2 Å². The number of methoxy groups -OCH3 is 1. The lowest BCUT2D eigenvalue weighted by atomic mass is 9.92. The van der Waals surface area contributed by atoms with Crippen LogP contribution in [-0.4, -0.2) is 29.6 Å². The molecule has 0 bridgehead atoms. The molecule has 0 unspecified atom stereocenters. The zero-order chi connectivity index (χ0) is 22.2. The number of anilines is 1. The zero-order valence-electron chi connectivity index (χ0n) is 18.6. The number of hydrogen-bond donors (Lipinski definition) is 2. The van der Waals surface area contributed by atoms with Crippen molar-refractivity contribution in [3.8, 4) is 5.75 Å². The first-order valence-corrected chi connectivity index (χ1v) is 10.9. The third-order valence-corrected chi connectivity index (χ3v) is 6.26. The number of nitrogens with one attached hydrogen (secondary N) is 2. The van der Waals surface area contributed by atoms with Crippen LogP contribution in [0.3, 0.4) is 0 Å². The maximum atomic E-state index is 13.4. The average molecular weight is 426 g/mol. The van der Waals surface area contributed by atoms with Crippen LogP contribution in [0.25, 0.3) is 10.9 Å². The quantitative estimate of drug-likeness (QED) is 0.425. The van der Waals surface area contributed by atoms with Gasteiger partial charge in [0.1, 0.15) is 5.75 Å². The molecular formula is C27H27N3O2. The van der Waals surface area contributed by atoms with Gasteiger partial charge in [-0.2, -0.15) is 0 Å². The predicted octanol–water partition coefficient (Wildman–Crippen LogP) is 5.97. The van der Waals surface area contributed by atoms with E-state index in [9.17, 15) is 4.79 Å². The van der Waals surface area contributed by atoms with Crippen LogP contribution in [0.2, 0.25) is 0 Å². The van der Waals surface area contributed by atoms with Gasteiger partial charge in [0.2, 0.25) is 0 Å². The van der Waals surface area contributed by atoms with Crippen molar-refractivity contribution in [2.75, 3.05) is 19.0 Å². The van der Waals surface area contributed by atoms with Crippen LogP contribution in [0.1, 0.15) is 34.0 Å². The number of nitrogens with zero attached hydrogens (tertiary/aromatic N) is 1. The first-order chi connectivity index (χ1) is 15.5. The Hall–Kier alpha value is -3.73. The summed E-state index contributed by atoms with van der Waals surface area (Å²) in [6, 6.07) is 22.2. The average Bonchev–Trinajstić information content (AvgIpc) is 3.17. The number of hydrogen-bond acceptors (Lipinski definition) is 2. The number of carbonyl (C=O) groups excluding carboxylic acids is 1. The molecule has 3 aromatic carbocycles. The topological polar surface area (TPSA) is 57.4 Å². The molecule has 5 heteroatoms. The summed E-state index contributed by atoms with van der Waals surface area (Å²) in [4.78, 5) is 19.0. The van der Waals surface area contributed by atoms with Gasteiger partial charge in [-0.1, -0.05) is 42.0 Å². The number of H-pyrrole nitrogens is 1. The minimum Gasteiger partial charge on any atom is -0.497 e. The standard InChI is InChI=1S/C27H27N3O2/c1-17-7-9-19(10-8-17)26-25-22(23-16-21(32-3)11-12-24(23)29-25)13-14-30(26)27(31)28-20-6-4-5-18(2)15-20/h4-12,15-16,26,29H,13-14H2,1-3H3,(H,28,31)/t26-/m0/s1. The third kappa shape index (κ3) is 3.60. The Morgan fingerprint density at radius 3 is 2.59 bits per heavy atom. The van der Waals surface area contributed by atoms with Crippen LogP contribution in [0.4, 0.5) is 10.5 Å². The van der Waals surface area contributed by atoms with Crippen molar-refractivity contribution in [1.82, 2.24) is 9.88 Å². The number of benzene rings is 3. The number of aryl methyl sites for hydroxylation is 2. The molecule has 0 aliphatic carbocycles. The molecule has 0 saturated carbocycles. The minimum atomic E-state index is -0.192. The number of urea groups is 1. The molecule has 2 heterocycles. The van der Waals surface area contributed by atoms with Gasteiger partial charge in [-0.05, 0) is 67.3 Å². The molecule has 1 atom stereocenters. The van der Waals surface area contributed by atoms with E-state index in [0.29, 0.717) is 6.54 Å². The fraction of sp³-hybridized carbons (Fsp3) is 0.222. The fourth-order valence-corrected chi connectivity index (χ4v) is 4.63. The minimum absolute atomic E-state index is 0.0944. The summed E-state index contributed by atoms with van der Waals surface area (Å²) in [6.07, 6.45) is 0.784. The zero-order valence-corrected chi connectivity index (χ0v) is 18.6. The van der Waals surface area contributed by atoms with Crippen molar-refractivity contribution < 1.29 is 9.53 Å². The van der Waals surface area contributed by atoms with Crippen LogP contribution in [0.5, 0.6) is 5.75 Å². The molecule has 1 aliphatic rings. The second-order valence-electron chi connectivity index (χ2n) is 8.48.